The molecule has 0 spiro atoms. The summed E-state index contributed by atoms with van der Waals surface area (Å²) in [4.78, 5) is 14.6. The number of nitrogens with zero attached hydrogens (tertiary/aromatic N) is 1. The molecule has 0 N–H and O–H groups in total. The van der Waals surface area contributed by atoms with E-state index in [1.54, 1.807) is 6.07 Å². The SMILES string of the molecule is COc1cnc(OC(C)=O)c(OC)c1. The average Bonchev–Trinajstić information content (AvgIpc) is 2.17. The number of ether oxygens (including phenoxy) is 3. The number of methoxy groups -OCH3 is 2. The molecule has 1 heterocycles. The highest BCUT2D eigenvalue weighted by Gasteiger charge is 2.09. The molecule has 0 atom stereocenters. The van der Waals surface area contributed by atoms with Crippen LogP contribution in [0.2, 0.25) is 0 Å². The van der Waals surface area contributed by atoms with Gasteiger partial charge < -0.3 is 14.2 Å². The van der Waals surface area contributed by atoms with Crippen LogP contribution in [0.3, 0.4) is 0 Å². The van der Waals surface area contributed by atoms with Crippen molar-refractivity contribution in [1.29, 1.82) is 0 Å². The van der Waals surface area contributed by atoms with Gasteiger partial charge in [0.1, 0.15) is 5.75 Å². The molecule has 5 heteroatoms. The summed E-state index contributed by atoms with van der Waals surface area (Å²) in [6.07, 6.45) is 1.45. The molecule has 0 aliphatic rings. The van der Waals surface area contributed by atoms with Gasteiger partial charge in [0.25, 0.3) is 5.88 Å². The van der Waals surface area contributed by atoms with E-state index in [4.69, 9.17) is 14.2 Å². The van der Waals surface area contributed by atoms with Gasteiger partial charge in [-0.25, -0.2) is 4.98 Å². The van der Waals surface area contributed by atoms with Gasteiger partial charge in [-0.3, -0.25) is 4.79 Å². The summed E-state index contributed by atoms with van der Waals surface area (Å²) in [5, 5.41) is 0. The molecule has 1 aromatic heterocycles. The molecule has 0 aliphatic carbocycles. The van der Waals surface area contributed by atoms with Crippen LogP contribution in [-0.2, 0) is 4.79 Å². The molecule has 1 aromatic rings. The Bertz CT molecular complexity index is 338. The summed E-state index contributed by atoms with van der Waals surface area (Å²) in [5.41, 5.74) is 0. The molecule has 1 rings (SSSR count). The normalized spacial score (nSPS) is 9.36. The Kier molecular flexibility index (Phi) is 3.28. The van der Waals surface area contributed by atoms with Crippen molar-refractivity contribution in [2.24, 2.45) is 0 Å². The van der Waals surface area contributed by atoms with Gasteiger partial charge in [0.2, 0.25) is 0 Å². The third kappa shape index (κ3) is 2.35. The van der Waals surface area contributed by atoms with E-state index in [1.807, 2.05) is 0 Å². The predicted molar refractivity (Wildman–Crippen MR) is 48.7 cm³/mol. The molecular weight excluding hydrogens is 186 g/mol. The summed E-state index contributed by atoms with van der Waals surface area (Å²) >= 11 is 0. The van der Waals surface area contributed by atoms with Crippen molar-refractivity contribution in [3.63, 3.8) is 0 Å². The first-order valence-electron chi connectivity index (χ1n) is 3.93. The van der Waals surface area contributed by atoms with Gasteiger partial charge in [0, 0.05) is 13.0 Å². The zero-order valence-corrected chi connectivity index (χ0v) is 8.23. The van der Waals surface area contributed by atoms with E-state index in [9.17, 15) is 4.79 Å². The molecule has 76 valence electrons. The second-order valence-electron chi connectivity index (χ2n) is 2.48. The van der Waals surface area contributed by atoms with E-state index < -0.39 is 5.97 Å². The highest BCUT2D eigenvalue weighted by atomic mass is 16.6. The van der Waals surface area contributed by atoms with Crippen LogP contribution in [0, 0.1) is 0 Å². The lowest BCUT2D eigenvalue weighted by Crippen LogP contribution is -2.04. The van der Waals surface area contributed by atoms with Crippen LogP contribution in [0.25, 0.3) is 0 Å². The van der Waals surface area contributed by atoms with Gasteiger partial charge in [-0.1, -0.05) is 0 Å². The van der Waals surface area contributed by atoms with Crippen LogP contribution in [0.4, 0.5) is 0 Å². The largest absolute Gasteiger partial charge is 0.495 e. The zero-order valence-electron chi connectivity index (χ0n) is 8.23. The maximum absolute atomic E-state index is 10.7. The summed E-state index contributed by atoms with van der Waals surface area (Å²) in [5.74, 6) is 0.596. The minimum absolute atomic E-state index is 0.140. The second-order valence-corrected chi connectivity index (χ2v) is 2.48. The van der Waals surface area contributed by atoms with Gasteiger partial charge in [-0.05, 0) is 0 Å². The van der Waals surface area contributed by atoms with Crippen molar-refractivity contribution >= 4 is 5.97 Å². The third-order valence-electron chi connectivity index (χ3n) is 1.49. The molecule has 0 fully saturated rings. The van der Waals surface area contributed by atoms with Crippen molar-refractivity contribution in [1.82, 2.24) is 4.98 Å². The number of aromatic nitrogens is 1. The highest BCUT2D eigenvalue weighted by Crippen LogP contribution is 2.28. The molecule has 0 unspecified atom stereocenters. The van der Waals surface area contributed by atoms with Gasteiger partial charge >= 0.3 is 5.97 Å². The standard InChI is InChI=1S/C9H11NO4/c1-6(11)14-9-8(13-3)4-7(12-2)5-10-9/h4-5H,1-3H3. The maximum atomic E-state index is 10.7. The average molecular weight is 197 g/mol. The van der Waals surface area contributed by atoms with E-state index in [2.05, 4.69) is 4.98 Å². The Morgan fingerprint density at radius 1 is 1.36 bits per heavy atom. The smallest absolute Gasteiger partial charge is 0.309 e. The molecular formula is C9H11NO4. The van der Waals surface area contributed by atoms with Gasteiger partial charge in [-0.2, -0.15) is 0 Å². The maximum Gasteiger partial charge on any atom is 0.309 e. The minimum atomic E-state index is -0.444. The number of pyridine rings is 1. The molecule has 0 bridgehead atoms. The Morgan fingerprint density at radius 2 is 2.07 bits per heavy atom. The first kappa shape index (κ1) is 10.3. The fourth-order valence-corrected chi connectivity index (χ4v) is 0.885. The highest BCUT2D eigenvalue weighted by molar-refractivity contribution is 5.69. The van der Waals surface area contributed by atoms with Crippen LogP contribution >= 0.6 is 0 Å². The van der Waals surface area contributed by atoms with Crippen molar-refractivity contribution in [3.8, 4) is 17.4 Å². The number of carbonyl (C=O) groups is 1. The van der Waals surface area contributed by atoms with E-state index in [1.165, 1.54) is 27.3 Å². The minimum Gasteiger partial charge on any atom is -0.495 e. The fourth-order valence-electron chi connectivity index (χ4n) is 0.885. The Labute approximate surface area is 81.6 Å². The van der Waals surface area contributed by atoms with Crippen molar-refractivity contribution in [3.05, 3.63) is 12.3 Å². The summed E-state index contributed by atoms with van der Waals surface area (Å²) in [6.45, 7) is 1.30. The topological polar surface area (TPSA) is 57.7 Å². The lowest BCUT2D eigenvalue weighted by molar-refractivity contribution is -0.132. The van der Waals surface area contributed by atoms with Crippen molar-refractivity contribution in [2.45, 2.75) is 6.92 Å². The molecule has 0 radical (unpaired) electrons. The fraction of sp³-hybridized carbons (Fsp3) is 0.333. The summed E-state index contributed by atoms with van der Waals surface area (Å²) in [7, 11) is 2.98. The molecule has 14 heavy (non-hydrogen) atoms. The van der Waals surface area contributed by atoms with E-state index in [0.717, 1.165) is 0 Å². The van der Waals surface area contributed by atoms with E-state index in [-0.39, 0.29) is 5.88 Å². The quantitative estimate of drug-likeness (QED) is 0.677. The molecule has 0 saturated heterocycles. The molecule has 0 amide bonds. The van der Waals surface area contributed by atoms with Crippen LogP contribution < -0.4 is 14.2 Å². The molecule has 0 aromatic carbocycles. The van der Waals surface area contributed by atoms with Crippen LogP contribution in [0.1, 0.15) is 6.92 Å². The second kappa shape index (κ2) is 4.45. The number of rotatable bonds is 3. The monoisotopic (exact) mass is 197 g/mol. The lowest BCUT2D eigenvalue weighted by atomic mass is 10.4. The summed E-state index contributed by atoms with van der Waals surface area (Å²) < 4.78 is 14.7. The van der Waals surface area contributed by atoms with E-state index in [0.29, 0.717) is 11.5 Å². The van der Waals surface area contributed by atoms with Gasteiger partial charge in [0.05, 0.1) is 20.4 Å². The predicted octanol–water partition coefficient (Wildman–Crippen LogP) is 1.02. The molecule has 0 saturated carbocycles. The Morgan fingerprint density at radius 3 is 2.57 bits per heavy atom. The zero-order chi connectivity index (χ0) is 10.6. The lowest BCUT2D eigenvalue weighted by Gasteiger charge is -2.07. The number of hydrogen-bond donors (Lipinski definition) is 0. The number of hydrogen-bond acceptors (Lipinski definition) is 5. The Balaban J connectivity index is 2.98. The first-order valence-corrected chi connectivity index (χ1v) is 3.93. The van der Waals surface area contributed by atoms with Crippen molar-refractivity contribution in [2.75, 3.05) is 14.2 Å². The van der Waals surface area contributed by atoms with Crippen LogP contribution in [0.5, 0.6) is 17.4 Å². The van der Waals surface area contributed by atoms with Crippen molar-refractivity contribution < 1.29 is 19.0 Å². The first-order chi connectivity index (χ1) is 6.67. The Hall–Kier alpha value is -1.78. The summed E-state index contributed by atoms with van der Waals surface area (Å²) in [6, 6.07) is 1.59. The molecule has 5 nitrogen and oxygen atoms in total. The molecule has 0 aliphatic heterocycles. The third-order valence-corrected chi connectivity index (χ3v) is 1.49. The van der Waals surface area contributed by atoms with Crippen LogP contribution in [0.15, 0.2) is 12.3 Å². The van der Waals surface area contributed by atoms with Gasteiger partial charge in [0.15, 0.2) is 5.75 Å². The number of esters is 1. The number of carbonyl (C=O) groups excluding carboxylic acids is 1. The van der Waals surface area contributed by atoms with E-state index >= 15 is 0 Å². The van der Waals surface area contributed by atoms with Gasteiger partial charge in [-0.15, -0.1) is 0 Å². The van der Waals surface area contributed by atoms with Crippen LogP contribution in [-0.4, -0.2) is 25.2 Å².